The van der Waals surface area contributed by atoms with E-state index in [4.69, 9.17) is 0 Å². The molecule has 1 saturated heterocycles. The van der Waals surface area contributed by atoms with Crippen molar-refractivity contribution in [3.05, 3.63) is 66.5 Å². The highest BCUT2D eigenvalue weighted by Crippen LogP contribution is 2.33. The van der Waals surface area contributed by atoms with Gasteiger partial charge in [0.1, 0.15) is 17.4 Å². The smallest absolute Gasteiger partial charge is 0.156 e. The average molecular weight is 365 g/mol. The van der Waals surface area contributed by atoms with Crippen LogP contribution >= 0.6 is 12.4 Å². The van der Waals surface area contributed by atoms with Gasteiger partial charge in [-0.2, -0.15) is 0 Å². The molecule has 0 atom stereocenters. The van der Waals surface area contributed by atoms with Gasteiger partial charge in [0.05, 0.1) is 0 Å². The zero-order chi connectivity index (χ0) is 16.6. The Balaban J connectivity index is 0.00000168. The molecule has 0 saturated carbocycles. The number of piperidine rings is 1. The number of aromatic nitrogens is 3. The van der Waals surface area contributed by atoms with Gasteiger partial charge < -0.3 is 9.88 Å². The van der Waals surface area contributed by atoms with Crippen LogP contribution in [0.4, 0.5) is 5.82 Å². The Morgan fingerprint density at radius 2 is 1.62 bits per heavy atom. The Morgan fingerprint density at radius 1 is 0.885 bits per heavy atom. The fraction of sp³-hybridized carbons (Fsp3) is 0.238. The summed E-state index contributed by atoms with van der Waals surface area (Å²) in [7, 11) is 0. The predicted molar refractivity (Wildman–Crippen MR) is 109 cm³/mol. The fourth-order valence-electron chi connectivity index (χ4n) is 4.02. The highest BCUT2D eigenvalue weighted by molar-refractivity contribution is 6.08. The van der Waals surface area contributed by atoms with Crippen molar-refractivity contribution in [1.29, 1.82) is 0 Å². The molecule has 0 bridgehead atoms. The molecule has 1 fully saturated rings. The fourth-order valence-corrected chi connectivity index (χ4v) is 4.02. The summed E-state index contributed by atoms with van der Waals surface area (Å²) < 4.78 is 0. The Morgan fingerprint density at radius 3 is 2.42 bits per heavy atom. The minimum absolute atomic E-state index is 0. The number of nitrogens with one attached hydrogen (secondary N) is 1. The number of H-pyrrole nitrogens is 1. The Labute approximate surface area is 158 Å². The zero-order valence-electron chi connectivity index (χ0n) is 14.4. The predicted octanol–water partition coefficient (Wildman–Crippen LogP) is 4.92. The number of para-hydroxylation sites is 1. The van der Waals surface area contributed by atoms with Crippen LogP contribution in [-0.4, -0.2) is 28.0 Å². The lowest BCUT2D eigenvalue weighted by atomic mass is 9.89. The van der Waals surface area contributed by atoms with Crippen molar-refractivity contribution in [2.24, 2.45) is 0 Å². The van der Waals surface area contributed by atoms with Crippen LogP contribution < -0.4 is 4.90 Å². The van der Waals surface area contributed by atoms with Crippen LogP contribution in [0.15, 0.2) is 60.9 Å². The molecule has 5 heteroatoms. The maximum Gasteiger partial charge on any atom is 0.156 e. The van der Waals surface area contributed by atoms with E-state index in [1.54, 1.807) is 6.33 Å². The molecular weight excluding hydrogens is 344 g/mol. The molecule has 5 rings (SSSR count). The largest absolute Gasteiger partial charge is 0.355 e. The van der Waals surface area contributed by atoms with Crippen LogP contribution in [0.5, 0.6) is 0 Å². The Kier molecular flexibility index (Phi) is 4.51. The molecule has 4 aromatic rings. The van der Waals surface area contributed by atoms with Crippen LogP contribution in [0.25, 0.3) is 21.9 Å². The molecule has 1 aliphatic rings. The Bertz CT molecular complexity index is 1020. The summed E-state index contributed by atoms with van der Waals surface area (Å²) in [5.74, 6) is 1.69. The van der Waals surface area contributed by atoms with Crippen molar-refractivity contribution >= 4 is 40.2 Å². The van der Waals surface area contributed by atoms with E-state index in [0.717, 1.165) is 48.3 Å². The lowest BCUT2D eigenvalue weighted by Crippen LogP contribution is -2.33. The third kappa shape index (κ3) is 2.80. The normalized spacial score (nSPS) is 15.3. The van der Waals surface area contributed by atoms with E-state index in [-0.39, 0.29) is 12.4 Å². The van der Waals surface area contributed by atoms with Crippen LogP contribution in [0.1, 0.15) is 24.3 Å². The van der Waals surface area contributed by atoms with E-state index in [1.165, 1.54) is 10.9 Å². The molecule has 1 N–H and O–H groups in total. The van der Waals surface area contributed by atoms with Crippen LogP contribution in [0.2, 0.25) is 0 Å². The van der Waals surface area contributed by atoms with Crippen LogP contribution in [0, 0.1) is 0 Å². The third-order valence-electron chi connectivity index (χ3n) is 5.33. The van der Waals surface area contributed by atoms with Crippen molar-refractivity contribution in [3.8, 4) is 0 Å². The molecule has 0 amide bonds. The summed E-state index contributed by atoms with van der Waals surface area (Å²) >= 11 is 0. The maximum absolute atomic E-state index is 4.61. The van der Waals surface area contributed by atoms with Crippen LogP contribution in [0.3, 0.4) is 0 Å². The second-order valence-electron chi connectivity index (χ2n) is 6.76. The highest BCUT2D eigenvalue weighted by atomic mass is 35.5. The number of benzene rings is 2. The second kappa shape index (κ2) is 6.96. The van der Waals surface area contributed by atoms with E-state index in [1.807, 2.05) is 0 Å². The van der Waals surface area contributed by atoms with E-state index >= 15 is 0 Å². The quantitative estimate of drug-likeness (QED) is 0.549. The minimum Gasteiger partial charge on any atom is -0.355 e. The minimum atomic E-state index is 0. The number of hydrogen-bond donors (Lipinski definition) is 1. The van der Waals surface area contributed by atoms with Gasteiger partial charge in [-0.15, -0.1) is 12.4 Å². The molecule has 0 unspecified atom stereocenters. The van der Waals surface area contributed by atoms with Gasteiger partial charge in [-0.25, -0.2) is 9.97 Å². The summed E-state index contributed by atoms with van der Waals surface area (Å²) in [6.45, 7) is 2.06. The average Bonchev–Trinajstić information content (AvgIpc) is 3.08. The number of halogens is 1. The highest BCUT2D eigenvalue weighted by Gasteiger charge is 2.23. The number of nitrogens with zero attached hydrogens (tertiary/aromatic N) is 3. The van der Waals surface area contributed by atoms with Gasteiger partial charge in [-0.3, -0.25) is 0 Å². The SMILES string of the molecule is Cl.c1ccc(C2CCN(c3ncnc4c3[nH]c3ccccc34)CC2)cc1. The van der Waals surface area contributed by atoms with E-state index in [0.29, 0.717) is 5.92 Å². The Hall–Kier alpha value is -2.59. The van der Waals surface area contributed by atoms with E-state index in [2.05, 4.69) is 74.4 Å². The van der Waals surface area contributed by atoms with Crippen molar-refractivity contribution < 1.29 is 0 Å². The lowest BCUT2D eigenvalue weighted by molar-refractivity contribution is 0.503. The van der Waals surface area contributed by atoms with Gasteiger partial charge in [0.2, 0.25) is 0 Å². The van der Waals surface area contributed by atoms with E-state index in [9.17, 15) is 0 Å². The van der Waals surface area contributed by atoms with Crippen LogP contribution in [-0.2, 0) is 0 Å². The number of fused-ring (bicyclic) bond motifs is 3. The first-order valence-electron chi connectivity index (χ1n) is 8.91. The van der Waals surface area contributed by atoms with Crippen molar-refractivity contribution in [3.63, 3.8) is 0 Å². The van der Waals surface area contributed by atoms with Gasteiger partial charge in [0, 0.05) is 24.0 Å². The monoisotopic (exact) mass is 364 g/mol. The van der Waals surface area contributed by atoms with E-state index < -0.39 is 0 Å². The maximum atomic E-state index is 4.61. The van der Waals surface area contributed by atoms with Crippen molar-refractivity contribution in [2.75, 3.05) is 18.0 Å². The zero-order valence-corrected chi connectivity index (χ0v) is 15.2. The molecule has 3 heterocycles. The molecule has 0 aliphatic carbocycles. The summed E-state index contributed by atoms with van der Waals surface area (Å²) in [5, 5.41) is 1.17. The van der Waals surface area contributed by atoms with Gasteiger partial charge in [-0.1, -0.05) is 48.5 Å². The lowest BCUT2D eigenvalue weighted by Gasteiger charge is -2.33. The molecule has 4 nitrogen and oxygen atoms in total. The molecule has 2 aromatic heterocycles. The topological polar surface area (TPSA) is 44.8 Å². The standard InChI is InChI=1S/C21H20N4.ClH/c1-2-6-15(7-3-1)16-10-12-25(13-11-16)21-20-19(22-14-23-21)17-8-4-5-9-18(17)24-20;/h1-9,14,16,24H,10-13H2;1H. The first kappa shape index (κ1) is 16.9. The summed E-state index contributed by atoms with van der Waals surface area (Å²) in [5.41, 5.74) is 4.66. The summed E-state index contributed by atoms with van der Waals surface area (Å²) in [6, 6.07) is 19.2. The number of hydrogen-bond acceptors (Lipinski definition) is 3. The third-order valence-corrected chi connectivity index (χ3v) is 5.33. The first-order valence-corrected chi connectivity index (χ1v) is 8.91. The number of anilines is 1. The number of rotatable bonds is 2. The van der Waals surface area contributed by atoms with Gasteiger partial charge in [0.25, 0.3) is 0 Å². The summed E-state index contributed by atoms with van der Waals surface area (Å²) in [6.07, 6.45) is 4.02. The van der Waals surface area contributed by atoms with Gasteiger partial charge in [-0.05, 0) is 30.4 Å². The van der Waals surface area contributed by atoms with Crippen molar-refractivity contribution in [1.82, 2.24) is 15.0 Å². The second-order valence-corrected chi connectivity index (χ2v) is 6.76. The van der Waals surface area contributed by atoms with Gasteiger partial charge >= 0.3 is 0 Å². The molecule has 2 aromatic carbocycles. The molecule has 1 aliphatic heterocycles. The van der Waals surface area contributed by atoms with Gasteiger partial charge in [0.15, 0.2) is 5.82 Å². The first-order chi connectivity index (χ1) is 12.4. The molecule has 26 heavy (non-hydrogen) atoms. The molecular formula is C21H21ClN4. The summed E-state index contributed by atoms with van der Waals surface area (Å²) in [4.78, 5) is 15.0. The molecule has 132 valence electrons. The van der Waals surface area contributed by atoms with Crippen molar-refractivity contribution in [2.45, 2.75) is 18.8 Å². The molecule has 0 spiro atoms. The number of aromatic amines is 1. The molecule has 0 radical (unpaired) electrons.